The van der Waals surface area contributed by atoms with Crippen LogP contribution in [-0.2, 0) is 11.2 Å². The van der Waals surface area contributed by atoms with Crippen molar-refractivity contribution in [3.63, 3.8) is 0 Å². The summed E-state index contributed by atoms with van der Waals surface area (Å²) in [6.45, 7) is 4.65. The zero-order valence-electron chi connectivity index (χ0n) is 16.3. The molecule has 1 aromatic heterocycles. The van der Waals surface area contributed by atoms with E-state index in [1.54, 1.807) is 4.90 Å². The molecule has 4 rings (SSSR count). The number of hydrogen-bond donors (Lipinski definition) is 0. The fourth-order valence-corrected chi connectivity index (χ4v) is 4.62. The van der Waals surface area contributed by atoms with E-state index in [9.17, 15) is 4.79 Å². The second-order valence-corrected chi connectivity index (χ2v) is 8.37. The van der Waals surface area contributed by atoms with Crippen molar-refractivity contribution in [2.45, 2.75) is 20.3 Å². The lowest BCUT2D eigenvalue weighted by molar-refractivity contribution is -0.121. The number of nitrogens with zero attached hydrogens (tertiary/aromatic N) is 3. The van der Waals surface area contributed by atoms with Gasteiger partial charge in [-0.2, -0.15) is 5.10 Å². The molecule has 0 atom stereocenters. The van der Waals surface area contributed by atoms with Crippen molar-refractivity contribution in [1.29, 1.82) is 0 Å². The van der Waals surface area contributed by atoms with Crippen LogP contribution in [0, 0.1) is 0 Å². The molecule has 29 heavy (non-hydrogen) atoms. The summed E-state index contributed by atoms with van der Waals surface area (Å²) in [6, 6.07) is 18.4. The van der Waals surface area contributed by atoms with Crippen LogP contribution in [0.1, 0.15) is 25.0 Å². The largest absolute Gasteiger partial charge is 0.293 e. The van der Waals surface area contributed by atoms with Crippen LogP contribution in [0.15, 0.2) is 65.7 Å². The van der Waals surface area contributed by atoms with Crippen molar-refractivity contribution < 1.29 is 4.79 Å². The van der Waals surface area contributed by atoms with Crippen LogP contribution in [0.4, 0.5) is 0 Å². The molecule has 0 saturated carbocycles. The van der Waals surface area contributed by atoms with Crippen molar-refractivity contribution in [3.05, 3.63) is 76.8 Å². The fourth-order valence-electron chi connectivity index (χ4n) is 3.24. The molecular weight excluding hydrogens is 398 g/mol. The highest BCUT2D eigenvalue weighted by atomic mass is 32.2. The van der Waals surface area contributed by atoms with Gasteiger partial charge in [0, 0.05) is 23.9 Å². The smallest absolute Gasteiger partial charge is 0.266 e. The lowest BCUT2D eigenvalue weighted by Gasteiger charge is -2.09. The Hall–Kier alpha value is -2.70. The third kappa shape index (κ3) is 3.91. The van der Waals surface area contributed by atoms with Crippen LogP contribution >= 0.6 is 24.0 Å². The van der Waals surface area contributed by atoms with Gasteiger partial charge < -0.3 is 0 Å². The van der Waals surface area contributed by atoms with Crippen LogP contribution in [0.25, 0.3) is 23.0 Å². The van der Waals surface area contributed by atoms with E-state index in [0.29, 0.717) is 15.8 Å². The van der Waals surface area contributed by atoms with Crippen molar-refractivity contribution in [2.24, 2.45) is 0 Å². The van der Waals surface area contributed by atoms with Crippen LogP contribution in [-0.4, -0.2) is 31.5 Å². The number of para-hydroxylation sites is 1. The molecule has 6 heteroatoms. The van der Waals surface area contributed by atoms with Gasteiger partial charge in [0.15, 0.2) is 0 Å². The van der Waals surface area contributed by atoms with Crippen LogP contribution < -0.4 is 0 Å². The molecule has 0 bridgehead atoms. The number of aromatic nitrogens is 2. The molecule has 1 saturated heterocycles. The first-order valence-corrected chi connectivity index (χ1v) is 10.8. The van der Waals surface area contributed by atoms with Gasteiger partial charge in [-0.1, -0.05) is 73.4 Å². The molecule has 146 valence electrons. The molecule has 1 aliphatic rings. The summed E-state index contributed by atoms with van der Waals surface area (Å²) in [4.78, 5) is 14.9. The maximum absolute atomic E-state index is 12.7. The first kappa shape index (κ1) is 19.6. The summed E-state index contributed by atoms with van der Waals surface area (Å²) in [6.07, 6.45) is 4.87. The predicted octanol–water partition coefficient (Wildman–Crippen LogP) is 5.32. The van der Waals surface area contributed by atoms with E-state index in [1.165, 1.54) is 17.3 Å². The predicted molar refractivity (Wildman–Crippen MR) is 124 cm³/mol. The number of likely N-dealkylation sites (N-methyl/N-ethyl adjacent to an activating group) is 1. The second-order valence-electron chi connectivity index (χ2n) is 6.69. The third-order valence-corrected chi connectivity index (χ3v) is 6.25. The van der Waals surface area contributed by atoms with Gasteiger partial charge in [0.2, 0.25) is 0 Å². The van der Waals surface area contributed by atoms with Gasteiger partial charge in [-0.25, -0.2) is 4.68 Å². The van der Waals surface area contributed by atoms with Gasteiger partial charge in [-0.3, -0.25) is 9.69 Å². The van der Waals surface area contributed by atoms with Crippen LogP contribution in [0.2, 0.25) is 0 Å². The van der Waals surface area contributed by atoms with Crippen molar-refractivity contribution in [2.75, 3.05) is 6.54 Å². The summed E-state index contributed by atoms with van der Waals surface area (Å²) in [5, 5.41) is 4.84. The molecule has 1 amide bonds. The SMILES string of the molecule is CCc1ccc(-c2nn(-c3ccccc3)cc2C=C2SC(=S)N(CC)C2=O)cc1. The van der Waals surface area contributed by atoms with E-state index < -0.39 is 0 Å². The molecule has 1 aliphatic heterocycles. The molecular formula is C23H21N3OS2. The van der Waals surface area contributed by atoms with Crippen molar-refractivity contribution in [1.82, 2.24) is 14.7 Å². The molecule has 2 heterocycles. The number of carbonyl (C=O) groups is 1. The van der Waals surface area contributed by atoms with Crippen molar-refractivity contribution >= 4 is 40.3 Å². The van der Waals surface area contributed by atoms with E-state index >= 15 is 0 Å². The summed E-state index contributed by atoms with van der Waals surface area (Å²) in [5.41, 5.74) is 5.02. The summed E-state index contributed by atoms with van der Waals surface area (Å²) in [5.74, 6) is -0.0396. The van der Waals surface area contributed by atoms with E-state index in [0.717, 1.165) is 28.9 Å². The summed E-state index contributed by atoms with van der Waals surface area (Å²) >= 11 is 6.70. The van der Waals surface area contributed by atoms with Gasteiger partial charge in [0.25, 0.3) is 5.91 Å². The first-order valence-electron chi connectivity index (χ1n) is 9.60. The Morgan fingerprint density at radius 1 is 1.07 bits per heavy atom. The Morgan fingerprint density at radius 2 is 1.79 bits per heavy atom. The number of carbonyl (C=O) groups excluding carboxylic acids is 1. The number of hydrogen-bond acceptors (Lipinski definition) is 4. The minimum absolute atomic E-state index is 0.0396. The zero-order valence-corrected chi connectivity index (χ0v) is 18.0. The van der Waals surface area contributed by atoms with Gasteiger partial charge in [-0.05, 0) is 37.1 Å². The Labute approximate surface area is 180 Å². The normalized spacial score (nSPS) is 15.5. The fraction of sp³-hybridized carbons (Fsp3) is 0.174. The number of benzene rings is 2. The molecule has 2 aromatic carbocycles. The highest BCUT2D eigenvalue weighted by Crippen LogP contribution is 2.34. The van der Waals surface area contributed by atoms with Crippen LogP contribution in [0.3, 0.4) is 0 Å². The molecule has 4 nitrogen and oxygen atoms in total. The second kappa shape index (κ2) is 8.35. The molecule has 0 aliphatic carbocycles. The molecule has 1 fully saturated rings. The van der Waals surface area contributed by atoms with Gasteiger partial charge >= 0.3 is 0 Å². The van der Waals surface area contributed by atoms with Crippen molar-refractivity contribution in [3.8, 4) is 16.9 Å². The maximum atomic E-state index is 12.7. The summed E-state index contributed by atoms with van der Waals surface area (Å²) < 4.78 is 2.46. The summed E-state index contributed by atoms with van der Waals surface area (Å²) in [7, 11) is 0. The van der Waals surface area contributed by atoms with Gasteiger partial charge in [0.1, 0.15) is 4.32 Å². The average molecular weight is 420 g/mol. The maximum Gasteiger partial charge on any atom is 0.266 e. The van der Waals surface area contributed by atoms with Gasteiger partial charge in [0.05, 0.1) is 16.3 Å². The van der Waals surface area contributed by atoms with E-state index in [4.69, 9.17) is 17.3 Å². The quantitative estimate of drug-likeness (QED) is 0.414. The molecule has 0 unspecified atom stereocenters. The average Bonchev–Trinajstić information content (AvgIpc) is 3.29. The minimum Gasteiger partial charge on any atom is -0.293 e. The Bertz CT molecular complexity index is 1090. The topological polar surface area (TPSA) is 38.1 Å². The Morgan fingerprint density at radius 3 is 2.41 bits per heavy atom. The van der Waals surface area contributed by atoms with E-state index in [-0.39, 0.29) is 5.91 Å². The van der Waals surface area contributed by atoms with E-state index in [2.05, 4.69) is 31.2 Å². The number of amides is 1. The number of aryl methyl sites for hydroxylation is 1. The third-order valence-electron chi connectivity index (χ3n) is 4.88. The monoisotopic (exact) mass is 419 g/mol. The highest BCUT2D eigenvalue weighted by molar-refractivity contribution is 8.26. The van der Waals surface area contributed by atoms with Gasteiger partial charge in [-0.15, -0.1) is 0 Å². The number of thioether (sulfide) groups is 1. The minimum atomic E-state index is -0.0396. The van der Waals surface area contributed by atoms with Crippen LogP contribution in [0.5, 0.6) is 0 Å². The molecule has 3 aromatic rings. The number of rotatable bonds is 5. The lowest BCUT2D eigenvalue weighted by atomic mass is 10.0. The number of thiocarbonyl (C=S) groups is 1. The Balaban J connectivity index is 1.81. The zero-order chi connectivity index (χ0) is 20.4. The molecule has 0 N–H and O–H groups in total. The molecule has 0 spiro atoms. The highest BCUT2D eigenvalue weighted by Gasteiger charge is 2.31. The standard InChI is InChI=1S/C23H21N3OS2/c1-3-16-10-12-17(13-11-16)21-18(14-20-22(27)25(4-2)23(28)29-20)15-26(24-21)19-8-6-5-7-9-19/h5-15H,3-4H2,1-2H3. The first-order chi connectivity index (χ1) is 14.1. The van der Waals surface area contributed by atoms with E-state index in [1.807, 2.05) is 54.2 Å². The molecule has 0 radical (unpaired) electrons. The Kier molecular flexibility index (Phi) is 5.65. The lowest BCUT2D eigenvalue weighted by Crippen LogP contribution is -2.27.